The maximum absolute atomic E-state index is 11.1. The number of carboxylic acid groups (broad SMARTS) is 4. The minimum absolute atomic E-state index is 0. The van der Waals surface area contributed by atoms with Crippen molar-refractivity contribution < 1.29 is 94.6 Å². The fourth-order valence-corrected chi connectivity index (χ4v) is 1.17. The Hall–Kier alpha value is 1.49. The van der Waals surface area contributed by atoms with Crippen molar-refractivity contribution in [1.82, 2.24) is 0 Å². The Balaban J connectivity index is -0.0000000552. The molecule has 21 heteroatoms. The topological polar surface area (TPSA) is 278 Å². The molecule has 0 heterocycles. The SMILES string of the molecule is O=C(OC(=O)OC(C(=O)O)C(O)C(=O)O)OC(=O)OC(C(=O)O)C(O)C(=O)O.[Ca+2].[Ca+2].[H-].[H-].[H-].[H-].[H-].[H-].[H-].[H-].[Sr+2].[Sr+2]. The first kappa shape index (κ1) is 43.6. The molecule has 4 unspecified atom stereocenters. The molecule has 0 aromatic carbocycles. The zero-order chi connectivity index (χ0) is 22.2. The van der Waals surface area contributed by atoms with Crippen LogP contribution in [0, 0.1) is 0 Å². The number of carbonyl (C=O) groups excluding carboxylic acids is 3. The molecule has 0 rings (SSSR count). The zero-order valence-corrected chi connectivity index (χ0v) is 27.2. The van der Waals surface area contributed by atoms with E-state index in [1.807, 2.05) is 0 Å². The van der Waals surface area contributed by atoms with Gasteiger partial charge in [0.2, 0.25) is 12.2 Å². The summed E-state index contributed by atoms with van der Waals surface area (Å²) in [6, 6.07) is 0. The molecule has 0 saturated heterocycles. The molecule has 0 aromatic heterocycles. The maximum Gasteiger partial charge on any atom is 2.00 e. The van der Waals surface area contributed by atoms with E-state index in [0.717, 1.165) is 0 Å². The van der Waals surface area contributed by atoms with Gasteiger partial charge < -0.3 is 61.0 Å². The Morgan fingerprint density at radius 3 is 0.969 bits per heavy atom. The number of hydrogen-bond acceptors (Lipinski definition) is 13. The second-order valence-electron chi connectivity index (χ2n) is 4.27. The Labute approximate surface area is 322 Å². The molecular weight excluding hydrogens is 660 g/mol. The van der Waals surface area contributed by atoms with Crippen LogP contribution in [0.15, 0.2) is 0 Å². The summed E-state index contributed by atoms with van der Waals surface area (Å²) >= 11 is 0. The summed E-state index contributed by atoms with van der Waals surface area (Å²) in [4.78, 5) is 75.6. The number of ether oxygens (including phenoxy) is 4. The van der Waals surface area contributed by atoms with Gasteiger partial charge in [0.1, 0.15) is 0 Å². The molecule has 0 spiro atoms. The van der Waals surface area contributed by atoms with Gasteiger partial charge in [-0.3, -0.25) is 0 Å². The van der Waals surface area contributed by atoms with Gasteiger partial charge in [0, 0.05) is 0 Å². The number of aliphatic carboxylic acids is 4. The Morgan fingerprint density at radius 1 is 0.531 bits per heavy atom. The Kier molecular flexibility index (Phi) is 29.6. The van der Waals surface area contributed by atoms with Gasteiger partial charge in [-0.25, -0.2) is 33.6 Å². The van der Waals surface area contributed by atoms with E-state index in [1.54, 1.807) is 0 Å². The maximum atomic E-state index is 11.1. The van der Waals surface area contributed by atoms with Crippen molar-refractivity contribution >= 4 is 209 Å². The molecule has 6 N–H and O–H groups in total. The summed E-state index contributed by atoms with van der Waals surface area (Å²) in [7, 11) is 0. The van der Waals surface area contributed by atoms with Crippen molar-refractivity contribution in [2.45, 2.75) is 24.4 Å². The van der Waals surface area contributed by atoms with Gasteiger partial charge in [0.25, 0.3) is 0 Å². The smallest absolute Gasteiger partial charge is 1.00 e. The summed E-state index contributed by atoms with van der Waals surface area (Å²) in [6.07, 6.45) is -17.8. The van der Waals surface area contributed by atoms with Crippen LogP contribution in [-0.2, 0) is 38.1 Å². The molecule has 0 aliphatic carbocycles. The molecule has 0 aliphatic rings. The van der Waals surface area contributed by atoms with Crippen molar-refractivity contribution in [3.63, 3.8) is 0 Å². The monoisotopic (exact) mass is 678 g/mol. The van der Waals surface area contributed by atoms with Crippen LogP contribution in [0.25, 0.3) is 0 Å². The minimum atomic E-state index is -2.76. The molecule has 0 saturated carbocycles. The van der Waals surface area contributed by atoms with Crippen LogP contribution in [0.2, 0.25) is 0 Å². The Bertz CT molecular complexity index is 673. The average molecular weight is 678 g/mol. The van der Waals surface area contributed by atoms with E-state index in [9.17, 15) is 33.6 Å². The fourth-order valence-electron chi connectivity index (χ4n) is 1.17. The van der Waals surface area contributed by atoms with E-state index in [4.69, 9.17) is 30.6 Å². The van der Waals surface area contributed by atoms with Gasteiger partial charge in [-0.2, -0.15) is 0 Å². The van der Waals surface area contributed by atoms with E-state index in [-0.39, 0.29) is 178 Å². The van der Waals surface area contributed by atoms with Gasteiger partial charge in [0.15, 0.2) is 12.2 Å². The predicted octanol–water partition coefficient (Wildman–Crippen LogP) is -3.41. The van der Waals surface area contributed by atoms with Crippen molar-refractivity contribution in [3.8, 4) is 0 Å². The fraction of sp³-hybridized carbons (Fsp3) is 0.364. The van der Waals surface area contributed by atoms with Crippen LogP contribution in [0.3, 0.4) is 0 Å². The van der Waals surface area contributed by atoms with Crippen LogP contribution in [-0.4, -0.2) is 264 Å². The molecule has 17 nitrogen and oxygen atoms in total. The van der Waals surface area contributed by atoms with Crippen molar-refractivity contribution in [2.24, 2.45) is 0 Å². The average Bonchev–Trinajstić information content (AvgIpc) is 2.55. The summed E-state index contributed by atoms with van der Waals surface area (Å²) in [5.74, 6) is -8.57. The van der Waals surface area contributed by atoms with Crippen molar-refractivity contribution in [2.75, 3.05) is 0 Å². The molecule has 0 amide bonds. The predicted molar refractivity (Wildman–Crippen MR) is 103 cm³/mol. The zero-order valence-electron chi connectivity index (χ0n) is 23.8. The van der Waals surface area contributed by atoms with Crippen molar-refractivity contribution in [3.05, 3.63) is 0 Å². The molecule has 172 valence electrons. The molecule has 0 aromatic rings. The largest absolute Gasteiger partial charge is 2.00 e. The van der Waals surface area contributed by atoms with Crippen molar-refractivity contribution in [1.29, 1.82) is 0 Å². The molecule has 4 atom stereocenters. The minimum Gasteiger partial charge on any atom is -1.00 e. The second-order valence-corrected chi connectivity index (χ2v) is 4.27. The molecular formula is C11H18Ca2O17Sr2. The molecule has 0 aliphatic heterocycles. The van der Waals surface area contributed by atoms with Crippen LogP contribution in [0.1, 0.15) is 11.4 Å². The molecule has 0 radical (unpaired) electrons. The molecule has 0 fully saturated rings. The molecule has 32 heavy (non-hydrogen) atoms. The number of rotatable bonds is 8. The van der Waals surface area contributed by atoms with Crippen LogP contribution >= 0.6 is 0 Å². The molecule has 0 bridgehead atoms. The number of aliphatic hydroxyl groups is 2. The normalized spacial score (nSPS) is 12.6. The van der Waals surface area contributed by atoms with Gasteiger partial charge in [-0.05, 0) is 0 Å². The first-order valence-electron chi connectivity index (χ1n) is 6.36. The number of carbonyl (C=O) groups is 7. The summed E-state index contributed by atoms with van der Waals surface area (Å²) < 4.78 is 14.8. The first-order chi connectivity index (χ1) is 12.8. The standard InChI is InChI=1S/C11H10O17.2Ca.2Sr.8H/c12-1(5(14)15)3(7(18)19)25-9(22)27-11(24)28-10(23)26-4(8(20)21)2(13)6(16)17;;;;;;;;;;;;/h1-4,12-13H,(H,14,15)(H,16,17)(H,18,19)(H,20,21);;;;;;;;;;;;/q;4*+2;8*-1. The van der Waals surface area contributed by atoms with Gasteiger partial charge >= 0.3 is 209 Å². The van der Waals surface area contributed by atoms with E-state index >= 15 is 0 Å². The van der Waals surface area contributed by atoms with E-state index in [2.05, 4.69) is 18.9 Å². The number of aliphatic hydroxyl groups excluding tert-OH is 2. The van der Waals surface area contributed by atoms with Gasteiger partial charge in [0.05, 0.1) is 0 Å². The van der Waals surface area contributed by atoms with Crippen LogP contribution < -0.4 is 0 Å². The van der Waals surface area contributed by atoms with Crippen LogP contribution in [0.5, 0.6) is 0 Å². The second kappa shape index (κ2) is 21.7. The van der Waals surface area contributed by atoms with Gasteiger partial charge in [-0.1, -0.05) is 0 Å². The Morgan fingerprint density at radius 2 is 0.781 bits per heavy atom. The van der Waals surface area contributed by atoms with E-state index in [1.165, 1.54) is 0 Å². The number of hydrogen-bond donors (Lipinski definition) is 6. The van der Waals surface area contributed by atoms with E-state index in [0.29, 0.717) is 0 Å². The third-order valence-corrected chi connectivity index (χ3v) is 2.35. The van der Waals surface area contributed by atoms with Crippen LogP contribution in [0.4, 0.5) is 14.4 Å². The number of carboxylic acids is 4. The summed E-state index contributed by atoms with van der Waals surface area (Å²) in [5, 5.41) is 52.0. The third-order valence-electron chi connectivity index (χ3n) is 2.35. The quantitative estimate of drug-likeness (QED) is 0.0829. The van der Waals surface area contributed by atoms with Gasteiger partial charge in [-0.15, -0.1) is 0 Å². The third kappa shape index (κ3) is 17.0. The summed E-state index contributed by atoms with van der Waals surface area (Å²) in [5.41, 5.74) is 0. The first-order valence-corrected chi connectivity index (χ1v) is 6.36. The summed E-state index contributed by atoms with van der Waals surface area (Å²) in [6.45, 7) is 0. The van der Waals surface area contributed by atoms with E-state index < -0.39 is 66.8 Å².